The Kier molecular flexibility index (Phi) is 5.31. The van der Waals surface area contributed by atoms with E-state index < -0.39 is 11.7 Å². The predicted octanol–water partition coefficient (Wildman–Crippen LogP) is 3.45. The second-order valence-corrected chi connectivity index (χ2v) is 5.60. The molecule has 0 aliphatic carbocycles. The molecule has 0 radical (unpaired) electrons. The normalized spacial score (nSPS) is 11.1. The first-order valence-electron chi connectivity index (χ1n) is 6.66. The molecule has 110 valence electrons. The molecule has 20 heavy (non-hydrogen) atoms. The van der Waals surface area contributed by atoms with Crippen LogP contribution in [0.25, 0.3) is 0 Å². The lowest BCUT2D eigenvalue weighted by Crippen LogP contribution is -2.29. The third-order valence-corrected chi connectivity index (χ3v) is 2.58. The molecule has 0 aliphatic rings. The van der Waals surface area contributed by atoms with Crippen molar-refractivity contribution < 1.29 is 13.9 Å². The number of nitrogens with one attached hydrogen (secondary N) is 1. The monoisotopic (exact) mass is 279 g/mol. The van der Waals surface area contributed by atoms with Crippen LogP contribution in [0.4, 0.5) is 4.39 Å². The lowest BCUT2D eigenvalue weighted by molar-refractivity contribution is 0.0489. The molecule has 1 N–H and O–H groups in total. The number of hydrogen-bond acceptors (Lipinski definition) is 2. The number of hydrogen-bond donors (Lipinski definition) is 1. The summed E-state index contributed by atoms with van der Waals surface area (Å²) >= 11 is 0. The van der Waals surface area contributed by atoms with E-state index in [9.17, 15) is 9.18 Å². The van der Waals surface area contributed by atoms with Gasteiger partial charge in [0.25, 0.3) is 5.91 Å². The average Bonchev–Trinajstić information content (AvgIpc) is 2.33. The molecule has 0 saturated carbocycles. The Balaban J connectivity index is 2.61. The van der Waals surface area contributed by atoms with Gasteiger partial charge in [0.05, 0.1) is 12.1 Å². The van der Waals surface area contributed by atoms with Crippen LogP contribution < -0.4 is 5.32 Å². The van der Waals surface area contributed by atoms with E-state index in [4.69, 9.17) is 4.74 Å². The van der Waals surface area contributed by atoms with Crippen molar-refractivity contribution in [2.45, 2.75) is 39.7 Å². The molecular weight excluding hydrogens is 257 g/mol. The quantitative estimate of drug-likeness (QED) is 0.838. The standard InChI is InChI=1S/C16H22FNO2/c1-6-12-7-8-13(14(17)9-12)15(19)18-10-11(2)20-16(3,4)5/h7-9H,2,6,10H2,1,3-5H3,(H,18,19). The zero-order chi connectivity index (χ0) is 15.3. The summed E-state index contributed by atoms with van der Waals surface area (Å²) in [6.07, 6.45) is 0.731. The van der Waals surface area contributed by atoms with E-state index in [1.54, 1.807) is 6.07 Å². The molecule has 1 aromatic rings. The van der Waals surface area contributed by atoms with Gasteiger partial charge in [0.15, 0.2) is 0 Å². The van der Waals surface area contributed by atoms with Crippen molar-refractivity contribution in [2.75, 3.05) is 6.54 Å². The number of aryl methyl sites for hydroxylation is 1. The molecule has 0 aromatic heterocycles. The van der Waals surface area contributed by atoms with Gasteiger partial charge in [0.1, 0.15) is 17.2 Å². The third-order valence-electron chi connectivity index (χ3n) is 2.58. The first-order chi connectivity index (χ1) is 9.23. The van der Waals surface area contributed by atoms with E-state index in [2.05, 4.69) is 11.9 Å². The molecule has 0 fully saturated rings. The van der Waals surface area contributed by atoms with E-state index in [1.165, 1.54) is 12.1 Å². The third kappa shape index (κ3) is 5.03. The van der Waals surface area contributed by atoms with Crippen molar-refractivity contribution in [3.8, 4) is 0 Å². The summed E-state index contributed by atoms with van der Waals surface area (Å²) in [6.45, 7) is 11.5. The minimum Gasteiger partial charge on any atom is -0.491 e. The molecule has 0 spiro atoms. The number of rotatable bonds is 5. The maximum Gasteiger partial charge on any atom is 0.254 e. The minimum atomic E-state index is -0.510. The smallest absolute Gasteiger partial charge is 0.254 e. The van der Waals surface area contributed by atoms with Gasteiger partial charge in [-0.25, -0.2) is 4.39 Å². The van der Waals surface area contributed by atoms with E-state index in [0.717, 1.165) is 12.0 Å². The second-order valence-electron chi connectivity index (χ2n) is 5.60. The van der Waals surface area contributed by atoms with Crippen molar-refractivity contribution >= 4 is 5.91 Å². The summed E-state index contributed by atoms with van der Waals surface area (Å²) in [5.41, 5.74) is 0.529. The zero-order valence-corrected chi connectivity index (χ0v) is 12.5. The maximum atomic E-state index is 13.8. The number of carbonyl (C=O) groups is 1. The van der Waals surface area contributed by atoms with Gasteiger partial charge in [-0.15, -0.1) is 0 Å². The highest BCUT2D eigenvalue weighted by atomic mass is 19.1. The number of benzene rings is 1. The maximum absolute atomic E-state index is 13.8. The van der Waals surface area contributed by atoms with E-state index >= 15 is 0 Å². The molecule has 1 aromatic carbocycles. The molecule has 0 atom stereocenters. The highest BCUT2D eigenvalue weighted by molar-refractivity contribution is 5.94. The van der Waals surface area contributed by atoms with Gasteiger partial charge in [-0.2, -0.15) is 0 Å². The summed E-state index contributed by atoms with van der Waals surface area (Å²) in [6, 6.07) is 4.63. The van der Waals surface area contributed by atoms with Gasteiger partial charge in [-0.3, -0.25) is 4.79 Å². The van der Waals surface area contributed by atoms with Crippen molar-refractivity contribution in [1.82, 2.24) is 5.32 Å². The van der Waals surface area contributed by atoms with Gasteiger partial charge in [-0.05, 0) is 44.9 Å². The second kappa shape index (κ2) is 6.55. The summed E-state index contributed by atoms with van der Waals surface area (Å²) in [4.78, 5) is 11.9. The number of amides is 1. The molecule has 1 rings (SSSR count). The molecular formula is C16H22FNO2. The van der Waals surface area contributed by atoms with Crippen LogP contribution in [0.15, 0.2) is 30.5 Å². The predicted molar refractivity (Wildman–Crippen MR) is 78.1 cm³/mol. The van der Waals surface area contributed by atoms with Crippen LogP contribution in [-0.2, 0) is 11.2 Å². The Hall–Kier alpha value is -1.84. The number of ether oxygens (including phenoxy) is 1. The summed E-state index contributed by atoms with van der Waals surface area (Å²) < 4.78 is 19.3. The first-order valence-corrected chi connectivity index (χ1v) is 6.66. The highest BCUT2D eigenvalue weighted by Gasteiger charge is 2.15. The Morgan fingerprint density at radius 3 is 2.55 bits per heavy atom. The van der Waals surface area contributed by atoms with E-state index in [-0.39, 0.29) is 17.7 Å². The van der Waals surface area contributed by atoms with Crippen LogP contribution in [0, 0.1) is 5.82 Å². The fourth-order valence-corrected chi connectivity index (χ4v) is 1.71. The fraction of sp³-hybridized carbons (Fsp3) is 0.438. The largest absolute Gasteiger partial charge is 0.491 e. The first kappa shape index (κ1) is 16.2. The topological polar surface area (TPSA) is 38.3 Å². The van der Waals surface area contributed by atoms with Crippen molar-refractivity contribution in [3.05, 3.63) is 47.5 Å². The molecule has 1 amide bonds. The lowest BCUT2D eigenvalue weighted by atomic mass is 10.1. The Bertz CT molecular complexity index is 504. The SMILES string of the molecule is C=C(CNC(=O)c1ccc(CC)cc1F)OC(C)(C)C. The van der Waals surface area contributed by atoms with E-state index in [0.29, 0.717) is 5.76 Å². The molecule has 0 aliphatic heterocycles. The average molecular weight is 279 g/mol. The van der Waals surface area contributed by atoms with Gasteiger partial charge in [0, 0.05) is 0 Å². The molecule has 3 nitrogen and oxygen atoms in total. The molecule has 4 heteroatoms. The Morgan fingerprint density at radius 2 is 2.05 bits per heavy atom. The summed E-state index contributed by atoms with van der Waals surface area (Å²) in [5.74, 6) is -0.538. The van der Waals surface area contributed by atoms with Crippen molar-refractivity contribution in [3.63, 3.8) is 0 Å². The summed E-state index contributed by atoms with van der Waals surface area (Å²) in [7, 11) is 0. The van der Waals surface area contributed by atoms with Gasteiger partial charge in [0.2, 0.25) is 0 Å². The summed E-state index contributed by atoms with van der Waals surface area (Å²) in [5, 5.41) is 2.60. The number of carbonyl (C=O) groups excluding carboxylic acids is 1. The Labute approximate surface area is 119 Å². The van der Waals surface area contributed by atoms with Crippen LogP contribution in [-0.4, -0.2) is 18.1 Å². The van der Waals surface area contributed by atoms with Gasteiger partial charge < -0.3 is 10.1 Å². The fourth-order valence-electron chi connectivity index (χ4n) is 1.71. The van der Waals surface area contributed by atoms with Crippen LogP contribution in [0.1, 0.15) is 43.6 Å². The van der Waals surface area contributed by atoms with Gasteiger partial charge in [-0.1, -0.05) is 19.6 Å². The highest BCUT2D eigenvalue weighted by Crippen LogP contribution is 2.13. The minimum absolute atomic E-state index is 0.0331. The molecule has 0 heterocycles. The van der Waals surface area contributed by atoms with E-state index in [1.807, 2.05) is 27.7 Å². The van der Waals surface area contributed by atoms with Gasteiger partial charge >= 0.3 is 0 Å². The Morgan fingerprint density at radius 1 is 1.40 bits per heavy atom. The van der Waals surface area contributed by atoms with Crippen molar-refractivity contribution in [2.24, 2.45) is 0 Å². The zero-order valence-electron chi connectivity index (χ0n) is 12.5. The lowest BCUT2D eigenvalue weighted by Gasteiger charge is -2.23. The molecule has 0 saturated heterocycles. The molecule has 0 unspecified atom stereocenters. The number of halogens is 1. The van der Waals surface area contributed by atoms with Crippen LogP contribution in [0.3, 0.4) is 0 Å². The van der Waals surface area contributed by atoms with Crippen LogP contribution in [0.5, 0.6) is 0 Å². The van der Waals surface area contributed by atoms with Crippen LogP contribution in [0.2, 0.25) is 0 Å². The van der Waals surface area contributed by atoms with Crippen molar-refractivity contribution in [1.29, 1.82) is 0 Å². The van der Waals surface area contributed by atoms with Crippen LogP contribution >= 0.6 is 0 Å². The molecule has 0 bridgehead atoms.